The Hall–Kier alpha value is -2.62. The predicted molar refractivity (Wildman–Crippen MR) is 93.7 cm³/mol. The first kappa shape index (κ1) is 17.7. The number of phenolic OH excluding ortho intramolecular Hbond substituents is 1. The Morgan fingerprint density at radius 3 is 2.12 bits per heavy atom. The van der Waals surface area contributed by atoms with Crippen LogP contribution < -0.4 is 5.32 Å². The quantitative estimate of drug-likeness (QED) is 0.822. The fourth-order valence-electron chi connectivity index (χ4n) is 2.54. The zero-order valence-electron chi connectivity index (χ0n) is 14.0. The monoisotopic (exact) mass is 325 g/mol. The Kier molecular flexibility index (Phi) is 6.13. The van der Waals surface area contributed by atoms with Gasteiger partial charge in [-0.25, -0.2) is 0 Å². The smallest absolute Gasteiger partial charge is 0.223 e. The van der Waals surface area contributed by atoms with Gasteiger partial charge < -0.3 is 10.4 Å². The molecule has 2 rings (SSSR count). The maximum absolute atomic E-state index is 12.4. The Morgan fingerprint density at radius 1 is 0.958 bits per heavy atom. The van der Waals surface area contributed by atoms with Crippen LogP contribution in [0.15, 0.2) is 54.6 Å². The highest BCUT2D eigenvalue weighted by Crippen LogP contribution is 2.14. The Labute approximate surface area is 142 Å². The van der Waals surface area contributed by atoms with Gasteiger partial charge in [-0.1, -0.05) is 49.4 Å². The minimum atomic E-state index is -0.512. The molecule has 0 aliphatic rings. The molecule has 0 heterocycles. The topological polar surface area (TPSA) is 66.4 Å². The van der Waals surface area contributed by atoms with Crippen LogP contribution in [0.2, 0.25) is 0 Å². The summed E-state index contributed by atoms with van der Waals surface area (Å²) in [7, 11) is 0. The van der Waals surface area contributed by atoms with Gasteiger partial charge in [0.25, 0.3) is 0 Å². The van der Waals surface area contributed by atoms with Crippen LogP contribution in [-0.2, 0) is 22.4 Å². The third kappa shape index (κ3) is 5.23. The Bertz CT molecular complexity index is 680. The number of amides is 1. The van der Waals surface area contributed by atoms with Crippen LogP contribution >= 0.6 is 0 Å². The van der Waals surface area contributed by atoms with Crippen molar-refractivity contribution in [2.45, 2.75) is 32.7 Å². The molecule has 0 saturated carbocycles. The van der Waals surface area contributed by atoms with Gasteiger partial charge in [-0.05, 0) is 43.0 Å². The van der Waals surface area contributed by atoms with Gasteiger partial charge in [-0.3, -0.25) is 9.59 Å². The molecule has 24 heavy (non-hydrogen) atoms. The van der Waals surface area contributed by atoms with Crippen molar-refractivity contribution < 1.29 is 14.7 Å². The van der Waals surface area contributed by atoms with E-state index in [0.29, 0.717) is 12.8 Å². The third-order valence-electron chi connectivity index (χ3n) is 4.02. The first-order valence-electron chi connectivity index (χ1n) is 8.08. The zero-order chi connectivity index (χ0) is 17.5. The number of aromatic hydroxyl groups is 1. The molecule has 2 atom stereocenters. The second-order valence-electron chi connectivity index (χ2n) is 6.13. The van der Waals surface area contributed by atoms with Gasteiger partial charge in [0.2, 0.25) is 5.91 Å². The van der Waals surface area contributed by atoms with E-state index >= 15 is 0 Å². The maximum atomic E-state index is 12.4. The van der Waals surface area contributed by atoms with Gasteiger partial charge in [0.1, 0.15) is 5.75 Å². The molecule has 4 nitrogen and oxygen atoms in total. The Balaban J connectivity index is 1.96. The summed E-state index contributed by atoms with van der Waals surface area (Å²) in [5, 5.41) is 12.2. The molecule has 0 aromatic heterocycles. The second-order valence-corrected chi connectivity index (χ2v) is 6.13. The highest BCUT2D eigenvalue weighted by atomic mass is 16.3. The SMILES string of the molecule is CC(=O)[C@@H](Cc1ccccc1)NC(=O)[C@H](C)Cc1ccc(O)cc1. The minimum absolute atomic E-state index is 0.0518. The highest BCUT2D eigenvalue weighted by Gasteiger charge is 2.21. The summed E-state index contributed by atoms with van der Waals surface area (Å²) < 4.78 is 0. The molecule has 0 saturated heterocycles. The summed E-state index contributed by atoms with van der Waals surface area (Å²) in [6.07, 6.45) is 1.05. The molecule has 0 aliphatic carbocycles. The number of carbonyl (C=O) groups is 2. The number of nitrogens with one attached hydrogen (secondary N) is 1. The average Bonchev–Trinajstić information content (AvgIpc) is 2.57. The average molecular weight is 325 g/mol. The van der Waals surface area contributed by atoms with E-state index in [1.807, 2.05) is 37.3 Å². The third-order valence-corrected chi connectivity index (χ3v) is 4.02. The van der Waals surface area contributed by atoms with E-state index in [0.717, 1.165) is 11.1 Å². The molecule has 0 fully saturated rings. The van der Waals surface area contributed by atoms with Crippen molar-refractivity contribution in [1.29, 1.82) is 0 Å². The van der Waals surface area contributed by atoms with Crippen LogP contribution in [0.1, 0.15) is 25.0 Å². The van der Waals surface area contributed by atoms with E-state index in [-0.39, 0.29) is 23.4 Å². The number of carbonyl (C=O) groups excluding carboxylic acids is 2. The maximum Gasteiger partial charge on any atom is 0.223 e. The van der Waals surface area contributed by atoms with Gasteiger partial charge in [0.15, 0.2) is 5.78 Å². The summed E-state index contributed by atoms with van der Waals surface area (Å²) in [5.41, 5.74) is 1.99. The van der Waals surface area contributed by atoms with E-state index in [4.69, 9.17) is 0 Å². The summed E-state index contributed by atoms with van der Waals surface area (Å²) in [5.74, 6) is -0.245. The van der Waals surface area contributed by atoms with Gasteiger partial charge in [0, 0.05) is 5.92 Å². The van der Waals surface area contributed by atoms with E-state index in [9.17, 15) is 14.7 Å². The highest BCUT2D eigenvalue weighted by molar-refractivity contribution is 5.88. The van der Waals surface area contributed by atoms with Gasteiger partial charge in [0.05, 0.1) is 6.04 Å². The van der Waals surface area contributed by atoms with Gasteiger partial charge in [-0.2, -0.15) is 0 Å². The van der Waals surface area contributed by atoms with Crippen LogP contribution in [-0.4, -0.2) is 22.8 Å². The number of hydrogen-bond acceptors (Lipinski definition) is 3. The molecular weight excluding hydrogens is 302 g/mol. The standard InChI is InChI=1S/C20H23NO3/c1-14(12-17-8-10-18(23)11-9-17)20(24)21-19(15(2)22)13-16-6-4-3-5-7-16/h3-11,14,19,23H,12-13H2,1-2H3,(H,21,24)/t14-,19-/m1/s1. The lowest BCUT2D eigenvalue weighted by Gasteiger charge is -2.19. The van der Waals surface area contributed by atoms with E-state index in [1.54, 1.807) is 24.3 Å². The first-order valence-corrected chi connectivity index (χ1v) is 8.08. The van der Waals surface area contributed by atoms with Crippen LogP contribution in [0.3, 0.4) is 0 Å². The molecule has 126 valence electrons. The van der Waals surface area contributed by atoms with Crippen molar-refractivity contribution in [3.8, 4) is 5.75 Å². The van der Waals surface area contributed by atoms with Crippen LogP contribution in [0.4, 0.5) is 0 Å². The minimum Gasteiger partial charge on any atom is -0.508 e. The van der Waals surface area contributed by atoms with E-state index < -0.39 is 6.04 Å². The number of Topliss-reactive ketones (excluding diaryl/α,β-unsaturated/α-hetero) is 1. The molecule has 1 amide bonds. The molecule has 0 radical (unpaired) electrons. The number of ketones is 1. The van der Waals surface area contributed by atoms with Crippen molar-refractivity contribution >= 4 is 11.7 Å². The van der Waals surface area contributed by atoms with Gasteiger partial charge >= 0.3 is 0 Å². The Morgan fingerprint density at radius 2 is 1.54 bits per heavy atom. The fourth-order valence-corrected chi connectivity index (χ4v) is 2.54. The molecule has 4 heteroatoms. The van der Waals surface area contributed by atoms with E-state index in [2.05, 4.69) is 5.32 Å². The number of hydrogen-bond donors (Lipinski definition) is 2. The van der Waals surface area contributed by atoms with Gasteiger partial charge in [-0.15, -0.1) is 0 Å². The summed E-state index contributed by atoms with van der Waals surface area (Å²) in [6, 6.07) is 15.9. The molecule has 2 aromatic carbocycles. The first-order chi connectivity index (χ1) is 11.5. The number of benzene rings is 2. The van der Waals surface area contributed by atoms with Crippen LogP contribution in [0, 0.1) is 5.92 Å². The van der Waals surface area contributed by atoms with Crippen molar-refractivity contribution in [3.63, 3.8) is 0 Å². The molecule has 0 aliphatic heterocycles. The lowest BCUT2D eigenvalue weighted by molar-refractivity contribution is -0.129. The summed E-state index contributed by atoms with van der Waals surface area (Å²) >= 11 is 0. The van der Waals surface area contributed by atoms with Crippen molar-refractivity contribution in [3.05, 3.63) is 65.7 Å². The van der Waals surface area contributed by atoms with Crippen molar-refractivity contribution in [1.82, 2.24) is 5.32 Å². The lowest BCUT2D eigenvalue weighted by atomic mass is 9.98. The fraction of sp³-hybridized carbons (Fsp3) is 0.300. The number of rotatable bonds is 7. The molecule has 0 spiro atoms. The van der Waals surface area contributed by atoms with Crippen molar-refractivity contribution in [2.24, 2.45) is 5.92 Å². The largest absolute Gasteiger partial charge is 0.508 e. The molecular formula is C20H23NO3. The summed E-state index contributed by atoms with van der Waals surface area (Å²) in [4.78, 5) is 24.3. The lowest BCUT2D eigenvalue weighted by Crippen LogP contribution is -2.44. The van der Waals surface area contributed by atoms with Crippen LogP contribution in [0.25, 0.3) is 0 Å². The normalized spacial score (nSPS) is 13.1. The predicted octanol–water partition coefficient (Wildman–Crippen LogP) is 2.89. The molecule has 2 aromatic rings. The second kappa shape index (κ2) is 8.29. The van der Waals surface area contributed by atoms with Crippen molar-refractivity contribution in [2.75, 3.05) is 0 Å². The zero-order valence-corrected chi connectivity index (χ0v) is 14.0. The molecule has 2 N–H and O–H groups in total. The summed E-state index contributed by atoms with van der Waals surface area (Å²) in [6.45, 7) is 3.33. The molecule has 0 unspecified atom stereocenters. The number of phenols is 1. The van der Waals surface area contributed by atoms with Crippen LogP contribution in [0.5, 0.6) is 5.75 Å². The molecule has 0 bridgehead atoms. The van der Waals surface area contributed by atoms with E-state index in [1.165, 1.54) is 6.92 Å².